The largest absolute Gasteiger partial charge is 0.369 e. The molecule has 14 heavy (non-hydrogen) atoms. The molecule has 0 N–H and O–H groups in total. The Morgan fingerprint density at radius 3 is 3.14 bits per heavy atom. The number of Topliss-reactive ketones (excluding diaryl/α,β-unsaturated/α-hetero) is 1. The van der Waals surface area contributed by atoms with Crippen molar-refractivity contribution in [1.29, 1.82) is 0 Å². The van der Waals surface area contributed by atoms with E-state index in [2.05, 4.69) is 10.9 Å². The molecule has 0 unspecified atom stereocenters. The van der Waals surface area contributed by atoms with Gasteiger partial charge in [0.2, 0.25) is 0 Å². The normalized spacial score (nSPS) is 15.6. The molecule has 0 fully saturated rings. The molecule has 0 aromatic heterocycles. The molecule has 1 aliphatic rings. The highest BCUT2D eigenvalue weighted by Crippen LogP contribution is 2.16. The Balaban J connectivity index is 2.17. The van der Waals surface area contributed by atoms with Crippen LogP contribution in [-0.2, 0) is 9.53 Å². The summed E-state index contributed by atoms with van der Waals surface area (Å²) in [6.07, 6.45) is 7.68. The van der Waals surface area contributed by atoms with E-state index in [0.717, 1.165) is 19.1 Å². The number of allylic oxidation sites excluding steroid dienone is 1. The van der Waals surface area contributed by atoms with Crippen LogP contribution in [0.2, 0.25) is 0 Å². The van der Waals surface area contributed by atoms with Gasteiger partial charge >= 0.3 is 6.21 Å². The van der Waals surface area contributed by atoms with Crippen LogP contribution in [0.25, 0.3) is 5.53 Å². The van der Waals surface area contributed by atoms with Crippen molar-refractivity contribution < 1.29 is 14.3 Å². The fraction of sp³-hybridized carbons (Fsp3) is 0.600. The van der Waals surface area contributed by atoms with Gasteiger partial charge in [0.1, 0.15) is 6.61 Å². The third-order valence-corrected chi connectivity index (χ3v) is 2.12. The highest BCUT2D eigenvalue weighted by Gasteiger charge is 2.06. The number of nitrogens with zero attached hydrogens (tertiary/aromatic N) is 2. The molecule has 0 aromatic rings. The van der Waals surface area contributed by atoms with Gasteiger partial charge in [-0.15, -0.1) is 0 Å². The second kappa shape index (κ2) is 6.24. The fourth-order valence-corrected chi connectivity index (χ4v) is 1.42. The summed E-state index contributed by atoms with van der Waals surface area (Å²) in [6, 6.07) is 0. The lowest BCUT2D eigenvalue weighted by atomic mass is 10.0. The first kappa shape index (κ1) is 10.8. The minimum atomic E-state index is -0.316. The third kappa shape index (κ3) is 4.12. The van der Waals surface area contributed by atoms with Gasteiger partial charge in [-0.25, -0.2) is 0 Å². The zero-order valence-electron chi connectivity index (χ0n) is 8.11. The maximum Gasteiger partial charge on any atom is 0.325 e. The molecule has 4 heteroatoms. The first-order valence-electron chi connectivity index (χ1n) is 4.79. The van der Waals surface area contributed by atoms with Gasteiger partial charge in [-0.2, -0.15) is 4.79 Å². The molecule has 0 spiro atoms. The summed E-state index contributed by atoms with van der Waals surface area (Å²) in [5.41, 5.74) is 9.33. The molecule has 1 aliphatic carbocycles. The summed E-state index contributed by atoms with van der Waals surface area (Å²) in [6.45, 7) is 0.506. The molecule has 76 valence electrons. The Labute approximate surface area is 83.2 Å². The molecule has 0 saturated heterocycles. The summed E-state index contributed by atoms with van der Waals surface area (Å²) in [5, 5.41) is 0. The van der Waals surface area contributed by atoms with E-state index < -0.39 is 0 Å². The highest BCUT2D eigenvalue weighted by molar-refractivity contribution is 6.25. The standard InChI is InChI=1S/C10H14N2O2/c11-12-6-10(13)8-14-7-9-4-2-1-3-5-9/h4,6H,1-3,5,7-8H2. The topological polar surface area (TPSA) is 62.7 Å². The average Bonchev–Trinajstić information content (AvgIpc) is 2.20. The number of carbonyl (C=O) groups excluding carboxylic acids is 1. The highest BCUT2D eigenvalue weighted by atomic mass is 16.5. The minimum absolute atomic E-state index is 0.0125. The Morgan fingerprint density at radius 1 is 1.64 bits per heavy atom. The van der Waals surface area contributed by atoms with Crippen LogP contribution in [0.1, 0.15) is 25.7 Å². The van der Waals surface area contributed by atoms with Crippen molar-refractivity contribution in [3.05, 3.63) is 17.2 Å². The van der Waals surface area contributed by atoms with Crippen LogP contribution < -0.4 is 0 Å². The van der Waals surface area contributed by atoms with E-state index in [9.17, 15) is 4.79 Å². The molecular formula is C10H14N2O2. The maximum absolute atomic E-state index is 10.8. The SMILES string of the molecule is [N-]=[N+]=CC(=O)COCC1=CCCCC1. The van der Waals surface area contributed by atoms with Crippen molar-refractivity contribution in [3.63, 3.8) is 0 Å². The summed E-state index contributed by atoms with van der Waals surface area (Å²) in [5.74, 6) is -0.316. The van der Waals surface area contributed by atoms with E-state index in [4.69, 9.17) is 10.3 Å². The average molecular weight is 194 g/mol. The van der Waals surface area contributed by atoms with Gasteiger partial charge in [-0.05, 0) is 31.3 Å². The maximum atomic E-state index is 10.8. The zero-order chi connectivity index (χ0) is 10.2. The number of carbonyl (C=O) groups is 1. The van der Waals surface area contributed by atoms with Crippen molar-refractivity contribution in [3.8, 4) is 0 Å². The first-order valence-corrected chi connectivity index (χ1v) is 4.79. The van der Waals surface area contributed by atoms with Gasteiger partial charge in [-0.3, -0.25) is 4.79 Å². The van der Waals surface area contributed by atoms with E-state index in [1.54, 1.807) is 0 Å². The Morgan fingerprint density at radius 2 is 2.50 bits per heavy atom. The van der Waals surface area contributed by atoms with Gasteiger partial charge in [-0.1, -0.05) is 6.08 Å². The van der Waals surface area contributed by atoms with Gasteiger partial charge in [0.25, 0.3) is 5.78 Å². The van der Waals surface area contributed by atoms with E-state index in [0.29, 0.717) is 6.61 Å². The zero-order valence-corrected chi connectivity index (χ0v) is 8.11. The van der Waals surface area contributed by atoms with Crippen LogP contribution in [0.15, 0.2) is 11.6 Å². The van der Waals surface area contributed by atoms with Crippen LogP contribution in [0.5, 0.6) is 0 Å². The predicted octanol–water partition coefficient (Wildman–Crippen LogP) is 1.37. The predicted molar refractivity (Wildman–Crippen MR) is 52.1 cm³/mol. The molecule has 0 heterocycles. The summed E-state index contributed by atoms with van der Waals surface area (Å²) < 4.78 is 5.17. The van der Waals surface area contributed by atoms with Gasteiger partial charge in [0.15, 0.2) is 0 Å². The van der Waals surface area contributed by atoms with Crippen molar-refractivity contribution in [2.45, 2.75) is 25.7 Å². The monoisotopic (exact) mass is 194 g/mol. The summed E-state index contributed by atoms with van der Waals surface area (Å²) in [4.78, 5) is 13.5. The third-order valence-electron chi connectivity index (χ3n) is 2.12. The minimum Gasteiger partial charge on any atom is -0.369 e. The lowest BCUT2D eigenvalue weighted by Gasteiger charge is -2.11. The number of hydrogen-bond donors (Lipinski definition) is 0. The van der Waals surface area contributed by atoms with Crippen LogP contribution in [0.3, 0.4) is 0 Å². The second-order valence-electron chi connectivity index (χ2n) is 3.31. The van der Waals surface area contributed by atoms with E-state index in [1.165, 1.54) is 18.4 Å². The van der Waals surface area contributed by atoms with Crippen LogP contribution in [0, 0.1) is 0 Å². The van der Waals surface area contributed by atoms with Crippen LogP contribution in [-0.4, -0.2) is 30.0 Å². The lowest BCUT2D eigenvalue weighted by Crippen LogP contribution is -2.12. The number of hydrogen-bond acceptors (Lipinski definition) is 2. The molecule has 0 atom stereocenters. The van der Waals surface area contributed by atoms with E-state index >= 15 is 0 Å². The lowest BCUT2D eigenvalue weighted by molar-refractivity contribution is -0.120. The molecule has 0 bridgehead atoms. The number of rotatable bonds is 5. The van der Waals surface area contributed by atoms with E-state index in [-0.39, 0.29) is 12.4 Å². The van der Waals surface area contributed by atoms with Gasteiger partial charge in [0, 0.05) is 0 Å². The molecule has 4 nitrogen and oxygen atoms in total. The summed E-state index contributed by atoms with van der Waals surface area (Å²) >= 11 is 0. The Kier molecular flexibility index (Phi) is 4.83. The van der Waals surface area contributed by atoms with Gasteiger partial charge in [0.05, 0.1) is 6.61 Å². The van der Waals surface area contributed by atoms with Crippen molar-refractivity contribution in [2.75, 3.05) is 13.2 Å². The molecular weight excluding hydrogens is 180 g/mol. The van der Waals surface area contributed by atoms with Crippen molar-refractivity contribution in [2.24, 2.45) is 0 Å². The van der Waals surface area contributed by atoms with Crippen LogP contribution >= 0.6 is 0 Å². The molecule has 0 aliphatic heterocycles. The number of ether oxygens (including phenoxy) is 1. The smallest absolute Gasteiger partial charge is 0.325 e. The first-order chi connectivity index (χ1) is 6.83. The fourth-order valence-electron chi connectivity index (χ4n) is 1.42. The molecule has 0 aromatic carbocycles. The molecule has 0 amide bonds. The number of ketones is 1. The second-order valence-corrected chi connectivity index (χ2v) is 3.31. The summed E-state index contributed by atoms with van der Waals surface area (Å²) in [7, 11) is 0. The van der Waals surface area contributed by atoms with Gasteiger partial charge < -0.3 is 10.3 Å². The van der Waals surface area contributed by atoms with Crippen LogP contribution in [0.4, 0.5) is 0 Å². The Hall–Kier alpha value is -1.25. The van der Waals surface area contributed by atoms with Crippen molar-refractivity contribution in [1.82, 2.24) is 0 Å². The molecule has 1 rings (SSSR count). The van der Waals surface area contributed by atoms with Crippen molar-refractivity contribution >= 4 is 12.0 Å². The van der Waals surface area contributed by atoms with E-state index in [1.807, 2.05) is 0 Å². The Bertz CT molecular complexity index is 278. The molecule has 0 radical (unpaired) electrons. The quantitative estimate of drug-likeness (QED) is 0.287. The molecule has 0 saturated carbocycles.